The lowest BCUT2D eigenvalue weighted by atomic mass is 10.2. The lowest BCUT2D eigenvalue weighted by Gasteiger charge is -2.07. The predicted molar refractivity (Wildman–Crippen MR) is 76.5 cm³/mol. The van der Waals surface area contributed by atoms with Crippen molar-refractivity contribution in [3.05, 3.63) is 67.4 Å². The van der Waals surface area contributed by atoms with Gasteiger partial charge in [0.25, 0.3) is 5.69 Å². The van der Waals surface area contributed by atoms with Gasteiger partial charge in [-0.3, -0.25) is 10.1 Å². The second-order valence-corrected chi connectivity index (χ2v) is 5.17. The molecular formula is C13H8BrClFNO3. The van der Waals surface area contributed by atoms with E-state index in [1.807, 2.05) is 0 Å². The van der Waals surface area contributed by atoms with Gasteiger partial charge in [0.05, 0.1) is 9.40 Å². The zero-order valence-electron chi connectivity index (χ0n) is 9.98. The average Bonchev–Trinajstić information content (AvgIpc) is 2.40. The molecular weight excluding hydrogens is 353 g/mol. The zero-order valence-corrected chi connectivity index (χ0v) is 12.3. The van der Waals surface area contributed by atoms with Crippen molar-refractivity contribution in [3.63, 3.8) is 0 Å². The van der Waals surface area contributed by atoms with Crippen molar-refractivity contribution in [1.29, 1.82) is 0 Å². The highest BCUT2D eigenvalue weighted by atomic mass is 79.9. The van der Waals surface area contributed by atoms with E-state index in [-0.39, 0.29) is 23.1 Å². The molecule has 0 fully saturated rings. The standard InChI is InChI=1S/C13H8BrClFNO3/c14-10-5-8(1-3-12(10)16)7-20-9-2-4-13(17(18)19)11(15)6-9/h1-6H,7H2. The van der Waals surface area contributed by atoms with Gasteiger partial charge in [-0.05, 0) is 39.7 Å². The third-order valence-electron chi connectivity index (χ3n) is 2.51. The number of nitro benzene ring substituents is 1. The average molecular weight is 361 g/mol. The van der Waals surface area contributed by atoms with Crippen molar-refractivity contribution in [3.8, 4) is 5.75 Å². The van der Waals surface area contributed by atoms with Crippen LogP contribution >= 0.6 is 27.5 Å². The van der Waals surface area contributed by atoms with Gasteiger partial charge in [-0.15, -0.1) is 0 Å². The number of rotatable bonds is 4. The monoisotopic (exact) mass is 359 g/mol. The Labute approximate surface area is 127 Å². The topological polar surface area (TPSA) is 52.4 Å². The molecule has 0 aliphatic heterocycles. The first-order valence-corrected chi connectivity index (χ1v) is 6.65. The van der Waals surface area contributed by atoms with E-state index in [4.69, 9.17) is 16.3 Å². The second kappa shape index (κ2) is 6.19. The molecule has 0 spiro atoms. The predicted octanol–water partition coefficient (Wildman–Crippen LogP) is 4.73. The molecule has 0 saturated heterocycles. The molecule has 2 rings (SSSR count). The summed E-state index contributed by atoms with van der Waals surface area (Å²) in [6.07, 6.45) is 0. The van der Waals surface area contributed by atoms with Crippen LogP contribution in [-0.4, -0.2) is 4.92 Å². The van der Waals surface area contributed by atoms with Gasteiger partial charge in [-0.2, -0.15) is 0 Å². The molecule has 2 aromatic rings. The summed E-state index contributed by atoms with van der Waals surface area (Å²) in [6, 6.07) is 8.63. The molecule has 2 aromatic carbocycles. The van der Waals surface area contributed by atoms with Crippen molar-refractivity contribution in [2.45, 2.75) is 6.61 Å². The quantitative estimate of drug-likeness (QED) is 0.585. The molecule has 4 nitrogen and oxygen atoms in total. The van der Waals surface area contributed by atoms with Gasteiger partial charge in [0, 0.05) is 12.1 Å². The van der Waals surface area contributed by atoms with Crippen LogP contribution in [0.1, 0.15) is 5.56 Å². The Kier molecular flexibility index (Phi) is 4.57. The van der Waals surface area contributed by atoms with E-state index in [0.29, 0.717) is 10.2 Å². The Balaban J connectivity index is 2.09. The van der Waals surface area contributed by atoms with Crippen LogP contribution in [0.2, 0.25) is 5.02 Å². The molecule has 0 bridgehead atoms. The molecule has 0 unspecified atom stereocenters. The maximum Gasteiger partial charge on any atom is 0.288 e. The van der Waals surface area contributed by atoms with Crippen LogP contribution in [0.25, 0.3) is 0 Å². The highest BCUT2D eigenvalue weighted by Gasteiger charge is 2.12. The fourth-order valence-corrected chi connectivity index (χ4v) is 2.19. The molecule has 0 amide bonds. The van der Waals surface area contributed by atoms with E-state index >= 15 is 0 Å². The highest BCUT2D eigenvalue weighted by molar-refractivity contribution is 9.10. The first-order valence-electron chi connectivity index (χ1n) is 5.48. The molecule has 0 radical (unpaired) electrons. The normalized spacial score (nSPS) is 10.3. The molecule has 0 aromatic heterocycles. The Morgan fingerprint density at radius 3 is 2.65 bits per heavy atom. The Morgan fingerprint density at radius 2 is 2.05 bits per heavy atom. The molecule has 0 heterocycles. The molecule has 104 valence electrons. The summed E-state index contributed by atoms with van der Waals surface area (Å²) in [4.78, 5) is 10.1. The number of nitro groups is 1. The SMILES string of the molecule is O=[N+]([O-])c1ccc(OCc2ccc(F)c(Br)c2)cc1Cl. The minimum atomic E-state index is -0.566. The Morgan fingerprint density at radius 1 is 1.30 bits per heavy atom. The maximum atomic E-state index is 13.1. The van der Waals surface area contributed by atoms with E-state index in [9.17, 15) is 14.5 Å². The number of hydrogen-bond donors (Lipinski definition) is 0. The van der Waals surface area contributed by atoms with Gasteiger partial charge in [0.2, 0.25) is 0 Å². The summed E-state index contributed by atoms with van der Waals surface area (Å²) in [7, 11) is 0. The third-order valence-corrected chi connectivity index (χ3v) is 3.42. The lowest BCUT2D eigenvalue weighted by molar-refractivity contribution is -0.384. The first-order chi connectivity index (χ1) is 9.47. The van der Waals surface area contributed by atoms with Gasteiger partial charge in [0.15, 0.2) is 0 Å². The van der Waals surface area contributed by atoms with Crippen LogP contribution < -0.4 is 4.74 Å². The number of benzene rings is 2. The number of halogens is 3. The van der Waals surface area contributed by atoms with Gasteiger partial charge in [0.1, 0.15) is 23.2 Å². The minimum Gasteiger partial charge on any atom is -0.489 e. The maximum absolute atomic E-state index is 13.1. The number of hydrogen-bond acceptors (Lipinski definition) is 3. The van der Waals surface area contributed by atoms with Crippen molar-refractivity contribution in [2.75, 3.05) is 0 Å². The van der Waals surface area contributed by atoms with Crippen molar-refractivity contribution >= 4 is 33.2 Å². The number of ether oxygens (including phenoxy) is 1. The fourth-order valence-electron chi connectivity index (χ4n) is 1.52. The summed E-state index contributed by atoms with van der Waals surface area (Å²) in [6.45, 7) is 0.201. The van der Waals surface area contributed by atoms with Crippen LogP contribution in [0.5, 0.6) is 5.75 Å². The fraction of sp³-hybridized carbons (Fsp3) is 0.0769. The first kappa shape index (κ1) is 14.7. The van der Waals surface area contributed by atoms with Crippen molar-refractivity contribution < 1.29 is 14.1 Å². The molecule has 0 N–H and O–H groups in total. The summed E-state index contributed by atoms with van der Waals surface area (Å²) in [5.41, 5.74) is 0.580. The molecule has 7 heteroatoms. The van der Waals surface area contributed by atoms with Crippen LogP contribution in [0.15, 0.2) is 40.9 Å². The van der Waals surface area contributed by atoms with E-state index in [2.05, 4.69) is 15.9 Å². The summed E-state index contributed by atoms with van der Waals surface area (Å²) >= 11 is 8.86. The second-order valence-electron chi connectivity index (χ2n) is 3.91. The molecule has 0 aliphatic rings. The zero-order chi connectivity index (χ0) is 14.7. The third kappa shape index (κ3) is 3.46. The van der Waals surface area contributed by atoms with Gasteiger partial charge >= 0.3 is 0 Å². The lowest BCUT2D eigenvalue weighted by Crippen LogP contribution is -1.97. The highest BCUT2D eigenvalue weighted by Crippen LogP contribution is 2.29. The Hall–Kier alpha value is -1.66. The van der Waals surface area contributed by atoms with Crippen LogP contribution in [0.4, 0.5) is 10.1 Å². The smallest absolute Gasteiger partial charge is 0.288 e. The van der Waals surface area contributed by atoms with E-state index in [1.54, 1.807) is 12.1 Å². The molecule has 20 heavy (non-hydrogen) atoms. The van der Waals surface area contributed by atoms with Crippen molar-refractivity contribution in [1.82, 2.24) is 0 Å². The largest absolute Gasteiger partial charge is 0.489 e. The van der Waals surface area contributed by atoms with Crippen LogP contribution in [0.3, 0.4) is 0 Å². The molecule has 0 atom stereocenters. The summed E-state index contributed by atoms with van der Waals surface area (Å²) in [5.74, 6) is 0.0492. The van der Waals surface area contributed by atoms with Crippen LogP contribution in [0, 0.1) is 15.9 Å². The van der Waals surface area contributed by atoms with E-state index < -0.39 is 4.92 Å². The minimum absolute atomic E-state index is 0.00721. The summed E-state index contributed by atoms with van der Waals surface area (Å²) < 4.78 is 18.9. The van der Waals surface area contributed by atoms with Crippen molar-refractivity contribution in [2.24, 2.45) is 0 Å². The Bertz CT molecular complexity index is 666. The molecule has 0 saturated carbocycles. The molecule has 0 aliphatic carbocycles. The summed E-state index contributed by atoms with van der Waals surface area (Å²) in [5, 5.41) is 10.6. The number of nitrogens with zero attached hydrogens (tertiary/aromatic N) is 1. The van der Waals surface area contributed by atoms with E-state index in [1.165, 1.54) is 24.3 Å². The van der Waals surface area contributed by atoms with Gasteiger partial charge < -0.3 is 4.74 Å². The van der Waals surface area contributed by atoms with E-state index in [0.717, 1.165) is 5.56 Å². The van der Waals surface area contributed by atoms with Gasteiger partial charge in [-0.25, -0.2) is 4.39 Å². The van der Waals surface area contributed by atoms with Gasteiger partial charge in [-0.1, -0.05) is 17.7 Å². The van der Waals surface area contributed by atoms with Crippen LogP contribution in [-0.2, 0) is 6.61 Å².